The molecule has 0 radical (unpaired) electrons. The molecule has 2 aliphatic rings. The number of para-hydroxylation sites is 1. The number of carboxylic acid groups (broad SMARTS) is 1. The Bertz CT molecular complexity index is 1940. The molecule has 9 atom stereocenters. The van der Waals surface area contributed by atoms with Gasteiger partial charge in [0.25, 0.3) is 5.91 Å². The topological polar surface area (TPSA) is 297 Å². The molecule has 3 heterocycles. The number of aromatic nitrogens is 1. The number of β-amino-alcohol motifs (C(OH)–C–C–N with tert-alkyl or cyclic N) is 1. The van der Waals surface area contributed by atoms with Crippen LogP contribution in [0.1, 0.15) is 58.9 Å². The third kappa shape index (κ3) is 12.5. The second-order valence-corrected chi connectivity index (χ2v) is 16.4. The van der Waals surface area contributed by atoms with Gasteiger partial charge in [-0.05, 0) is 36.9 Å². The van der Waals surface area contributed by atoms with Gasteiger partial charge in [0.15, 0.2) is 5.37 Å². The number of aromatic amines is 1. The molecule has 5 unspecified atom stereocenters. The van der Waals surface area contributed by atoms with E-state index >= 15 is 0 Å². The first kappa shape index (κ1) is 47.1. The van der Waals surface area contributed by atoms with Crippen molar-refractivity contribution in [2.45, 2.75) is 107 Å². The van der Waals surface area contributed by atoms with Crippen LogP contribution >= 0.6 is 11.8 Å². The van der Waals surface area contributed by atoms with Gasteiger partial charge in [0.1, 0.15) is 24.4 Å². The molecular weight excluding hydrogens is 803 g/mol. The summed E-state index contributed by atoms with van der Waals surface area (Å²) < 4.78 is 0. The van der Waals surface area contributed by atoms with E-state index in [0.717, 1.165) is 11.8 Å². The number of carbonyl (C=O) groups excluding carboxylic acids is 8. The molecule has 1 fully saturated rings. The van der Waals surface area contributed by atoms with E-state index < -0.39 is 120 Å². The minimum Gasteiger partial charge on any atom is -0.481 e. The number of aliphatic hydroxyl groups is 1. The number of H-pyrrole nitrogens is 1. The number of nitrogens with zero attached hydrogens (tertiary/aromatic N) is 1. The molecular formula is C39H55N9O11S. The van der Waals surface area contributed by atoms with Crippen LogP contribution in [-0.4, -0.2) is 142 Å². The maximum absolute atomic E-state index is 14.2. The van der Waals surface area contributed by atoms with Crippen LogP contribution in [0.4, 0.5) is 0 Å². The van der Waals surface area contributed by atoms with Crippen LogP contribution in [0.2, 0.25) is 0 Å². The van der Waals surface area contributed by atoms with Gasteiger partial charge in [-0.15, -0.1) is 0 Å². The molecule has 10 N–H and O–H groups in total. The molecule has 2 aromatic rings. The molecule has 20 nitrogen and oxygen atoms in total. The highest BCUT2D eigenvalue weighted by atomic mass is 32.2. The molecule has 7 amide bonds. The fourth-order valence-corrected chi connectivity index (χ4v) is 8.03. The predicted molar refractivity (Wildman–Crippen MR) is 218 cm³/mol. The number of rotatable bonds is 13. The number of hydrogen-bond donors (Lipinski definition) is 10. The molecule has 4 rings (SSSR count). The van der Waals surface area contributed by atoms with Gasteiger partial charge in [0, 0.05) is 23.9 Å². The van der Waals surface area contributed by atoms with Crippen LogP contribution in [0, 0.1) is 11.8 Å². The monoisotopic (exact) mass is 857 g/mol. The van der Waals surface area contributed by atoms with Gasteiger partial charge in [-0.25, -0.2) is 0 Å². The molecule has 0 bridgehead atoms. The first-order valence-electron chi connectivity index (χ1n) is 19.8. The fourth-order valence-electron chi connectivity index (χ4n) is 6.92. The number of aliphatic hydroxyl groups excluding tert-OH is 1. The summed E-state index contributed by atoms with van der Waals surface area (Å²) in [7, 11) is 1.68. The number of fused-ring (bicyclic) bond motifs is 3. The van der Waals surface area contributed by atoms with Gasteiger partial charge in [-0.3, -0.25) is 43.3 Å². The number of hydrogen-bond acceptors (Lipinski definition) is 12. The standard InChI is InChI=1S/C39H55N9O11S/c1-6-19(3)31-35(57)41-16-29(52)46-39(37(59)42-21(18-49)12-30(53)54)60-38-24(23-10-8-9-11-25(23)44-38)14-26(33(55)40-15-28(51)45-31)43-36(58)32(20(4)7-2)47-34(56)27-13-22(50)17-48(27)5/h8-11,18-22,26-27,31-32,39,44,50H,6-7,12-17H2,1-5H3,(H,40,55)(H,41,57)(H,42,59)(H,43,58)(H,45,51)(H,46,52)(H,47,56)(H,53,54)/t19-,20?,21?,22+,26-,27?,31?,32-,39?/m0/s1. The summed E-state index contributed by atoms with van der Waals surface area (Å²) in [5.41, 5.74) is 0.928. The lowest BCUT2D eigenvalue weighted by molar-refractivity contribution is -0.139. The van der Waals surface area contributed by atoms with E-state index in [9.17, 15) is 53.4 Å². The minimum atomic E-state index is -1.54. The number of aldehydes is 1. The predicted octanol–water partition coefficient (Wildman–Crippen LogP) is -1.74. The van der Waals surface area contributed by atoms with Crippen molar-refractivity contribution in [3.05, 3.63) is 29.8 Å². The molecule has 1 aromatic heterocycles. The zero-order chi connectivity index (χ0) is 44.3. The molecule has 1 aromatic carbocycles. The van der Waals surface area contributed by atoms with Crippen molar-refractivity contribution in [2.24, 2.45) is 11.8 Å². The lowest BCUT2D eigenvalue weighted by atomic mass is 9.96. The zero-order valence-electron chi connectivity index (χ0n) is 34.2. The third-order valence-electron chi connectivity index (χ3n) is 10.7. The van der Waals surface area contributed by atoms with Crippen molar-refractivity contribution < 1.29 is 53.4 Å². The van der Waals surface area contributed by atoms with Crippen LogP contribution < -0.4 is 37.2 Å². The largest absolute Gasteiger partial charge is 0.481 e. The first-order chi connectivity index (χ1) is 28.4. The fraction of sp³-hybridized carbons (Fsp3) is 0.564. The molecule has 2 aliphatic heterocycles. The number of nitrogens with one attached hydrogen (secondary N) is 8. The quantitative estimate of drug-likeness (QED) is 0.100. The van der Waals surface area contributed by atoms with E-state index in [1.807, 2.05) is 6.92 Å². The molecule has 21 heteroatoms. The van der Waals surface area contributed by atoms with Crippen molar-refractivity contribution in [2.75, 3.05) is 26.7 Å². The summed E-state index contributed by atoms with van der Waals surface area (Å²) in [6.45, 7) is 6.12. The highest BCUT2D eigenvalue weighted by Crippen LogP contribution is 2.33. The van der Waals surface area contributed by atoms with Gasteiger partial charge in [-0.1, -0.05) is 70.5 Å². The highest BCUT2D eigenvalue weighted by molar-refractivity contribution is 8.00. The van der Waals surface area contributed by atoms with Gasteiger partial charge < -0.3 is 57.2 Å². The smallest absolute Gasteiger partial charge is 0.305 e. The van der Waals surface area contributed by atoms with Crippen molar-refractivity contribution in [1.82, 2.24) is 47.1 Å². The van der Waals surface area contributed by atoms with Gasteiger partial charge in [0.2, 0.25) is 35.4 Å². The van der Waals surface area contributed by atoms with Gasteiger partial charge in [0.05, 0.1) is 42.7 Å². The van der Waals surface area contributed by atoms with Crippen molar-refractivity contribution in [1.29, 1.82) is 0 Å². The van der Waals surface area contributed by atoms with Gasteiger partial charge in [-0.2, -0.15) is 0 Å². The normalized spacial score (nSPS) is 24.2. The summed E-state index contributed by atoms with van der Waals surface area (Å²) in [6, 6.07) is 1.05. The van der Waals surface area contributed by atoms with Crippen LogP contribution in [0.25, 0.3) is 10.9 Å². The SMILES string of the molecule is CCC(C)[C@H](NC(=O)C1C[C@@H](O)CN1C)C(=O)N[C@H]1Cc2c([nH]c3ccccc23)SC(C(=O)NC(C=O)CC(=O)O)NC(=O)CNC(=O)C([C@@H](C)CC)NC(=O)CNC1=O. The maximum atomic E-state index is 14.2. The number of carboxylic acids is 1. The van der Waals surface area contributed by atoms with E-state index in [1.54, 1.807) is 57.0 Å². The molecule has 0 aliphatic carbocycles. The molecule has 1 saturated heterocycles. The average molecular weight is 858 g/mol. The Kier molecular flexibility index (Phi) is 17.0. The van der Waals surface area contributed by atoms with E-state index in [2.05, 4.69) is 42.2 Å². The van der Waals surface area contributed by atoms with Crippen molar-refractivity contribution >= 4 is 76.3 Å². The summed E-state index contributed by atoms with van der Waals surface area (Å²) in [5, 5.41) is 36.7. The second-order valence-electron chi connectivity index (χ2n) is 15.2. The second kappa shape index (κ2) is 21.6. The van der Waals surface area contributed by atoms with E-state index in [0.29, 0.717) is 29.3 Å². The Hall–Kier alpha value is -5.54. The highest BCUT2D eigenvalue weighted by Gasteiger charge is 2.38. The number of benzene rings is 1. The summed E-state index contributed by atoms with van der Waals surface area (Å²) in [6.07, 6.45) is -0.415. The number of aliphatic carboxylic acids is 1. The van der Waals surface area contributed by atoms with E-state index in [-0.39, 0.29) is 30.7 Å². The number of carbonyl (C=O) groups is 9. The zero-order valence-corrected chi connectivity index (χ0v) is 35.0. The minimum absolute atomic E-state index is 0.166. The average Bonchev–Trinajstić information content (AvgIpc) is 3.74. The first-order valence-corrected chi connectivity index (χ1v) is 20.7. The molecule has 60 heavy (non-hydrogen) atoms. The van der Waals surface area contributed by atoms with E-state index in [4.69, 9.17) is 0 Å². The van der Waals surface area contributed by atoms with Crippen LogP contribution in [-0.2, 0) is 49.6 Å². The Morgan fingerprint density at radius 1 is 0.950 bits per heavy atom. The number of thioether (sulfide) groups is 1. The molecule has 0 spiro atoms. The lowest BCUT2D eigenvalue weighted by Gasteiger charge is -2.28. The van der Waals surface area contributed by atoms with Crippen molar-refractivity contribution in [3.63, 3.8) is 0 Å². The van der Waals surface area contributed by atoms with Crippen molar-refractivity contribution in [3.8, 4) is 0 Å². The number of likely N-dealkylation sites (tertiary alicyclic amines) is 1. The number of likely N-dealkylation sites (N-methyl/N-ethyl adjacent to an activating group) is 1. The Labute approximate surface area is 350 Å². The lowest BCUT2D eigenvalue weighted by Crippen LogP contribution is -2.58. The van der Waals surface area contributed by atoms with Crippen LogP contribution in [0.15, 0.2) is 29.3 Å². The summed E-state index contributed by atoms with van der Waals surface area (Å²) in [4.78, 5) is 123. The summed E-state index contributed by atoms with van der Waals surface area (Å²) >= 11 is 0.766. The Balaban J connectivity index is 1.78. The Morgan fingerprint density at radius 2 is 1.62 bits per heavy atom. The van der Waals surface area contributed by atoms with E-state index in [1.165, 1.54) is 0 Å². The maximum Gasteiger partial charge on any atom is 0.305 e. The third-order valence-corrected chi connectivity index (χ3v) is 11.9. The molecule has 0 saturated carbocycles. The number of amides is 7. The van der Waals surface area contributed by atoms with Gasteiger partial charge >= 0.3 is 5.97 Å². The molecule has 328 valence electrons. The summed E-state index contributed by atoms with van der Waals surface area (Å²) in [5.74, 6) is -7.46. The Morgan fingerprint density at radius 3 is 2.23 bits per heavy atom. The van der Waals surface area contributed by atoms with Crippen LogP contribution in [0.5, 0.6) is 0 Å². The van der Waals surface area contributed by atoms with Crippen LogP contribution in [0.3, 0.4) is 0 Å².